The molecule has 0 amide bonds. The van der Waals surface area contributed by atoms with Crippen LogP contribution < -0.4 is 0 Å². The Morgan fingerprint density at radius 2 is 1.50 bits per heavy atom. The minimum atomic E-state index is 0.673. The molecule has 0 aromatic carbocycles. The molecule has 4 atom stereocenters. The van der Waals surface area contributed by atoms with Crippen LogP contribution in [0.25, 0.3) is 0 Å². The highest BCUT2D eigenvalue weighted by Crippen LogP contribution is 2.62. The van der Waals surface area contributed by atoms with Crippen LogP contribution in [0.4, 0.5) is 0 Å². The van der Waals surface area contributed by atoms with Gasteiger partial charge in [0.05, 0.1) is 0 Å². The zero-order valence-corrected chi connectivity index (χ0v) is 15.2. The Labute approximate surface area is 139 Å². The first-order valence-corrected chi connectivity index (χ1v) is 10.4. The van der Waals surface area contributed by atoms with Crippen LogP contribution in [0.3, 0.4) is 0 Å². The van der Waals surface area contributed by atoms with Gasteiger partial charge in [0.1, 0.15) is 0 Å². The van der Waals surface area contributed by atoms with Gasteiger partial charge in [-0.3, -0.25) is 0 Å². The second-order valence-corrected chi connectivity index (χ2v) is 8.66. The van der Waals surface area contributed by atoms with Gasteiger partial charge >= 0.3 is 0 Å². The van der Waals surface area contributed by atoms with E-state index in [4.69, 9.17) is 0 Å². The van der Waals surface area contributed by atoms with Gasteiger partial charge in [0.25, 0.3) is 0 Å². The normalized spacial score (nSPS) is 36.5. The maximum Gasteiger partial charge on any atom is -0.0243 e. The molecule has 3 aliphatic rings. The molecule has 0 aromatic rings. The molecule has 3 saturated carbocycles. The van der Waals surface area contributed by atoms with E-state index in [1.165, 1.54) is 77.0 Å². The first kappa shape index (κ1) is 16.6. The summed E-state index contributed by atoms with van der Waals surface area (Å²) in [6, 6.07) is 0. The topological polar surface area (TPSA) is 0 Å². The van der Waals surface area contributed by atoms with Crippen LogP contribution in [-0.4, -0.2) is 0 Å². The SMILES string of the molecule is C=CCC1CC(C(CC)(CC)C2CCCC2)C2CCCCC12. The van der Waals surface area contributed by atoms with Crippen LogP contribution in [0.2, 0.25) is 0 Å². The second-order valence-electron chi connectivity index (χ2n) is 8.66. The van der Waals surface area contributed by atoms with Crippen molar-refractivity contribution in [3.63, 3.8) is 0 Å². The molecule has 3 aliphatic carbocycles. The monoisotopic (exact) mass is 302 g/mol. The molecule has 0 radical (unpaired) electrons. The fourth-order valence-corrected chi connectivity index (χ4v) is 7.25. The van der Waals surface area contributed by atoms with E-state index in [-0.39, 0.29) is 0 Å². The zero-order valence-electron chi connectivity index (χ0n) is 15.2. The van der Waals surface area contributed by atoms with Crippen LogP contribution in [-0.2, 0) is 0 Å². The van der Waals surface area contributed by atoms with Crippen LogP contribution in [0.1, 0.15) is 90.9 Å². The minimum Gasteiger partial charge on any atom is -0.103 e. The standard InChI is InChI=1S/C22H38/c1-4-11-17-16-21(20-15-10-9-14-19(17)20)22(5-2,6-3)18-12-7-8-13-18/h4,17-21H,1,5-16H2,2-3H3. The number of allylic oxidation sites excluding steroid dienone is 1. The van der Waals surface area contributed by atoms with Crippen molar-refractivity contribution >= 4 is 0 Å². The lowest BCUT2D eigenvalue weighted by molar-refractivity contribution is 0.0192. The zero-order chi connectivity index (χ0) is 15.6. The summed E-state index contributed by atoms with van der Waals surface area (Å²) in [5, 5.41) is 0. The first-order chi connectivity index (χ1) is 10.8. The van der Waals surface area contributed by atoms with Gasteiger partial charge in [-0.05, 0) is 86.4 Å². The summed E-state index contributed by atoms with van der Waals surface area (Å²) in [7, 11) is 0. The number of fused-ring (bicyclic) bond motifs is 1. The molecule has 0 aliphatic heterocycles. The van der Waals surface area contributed by atoms with Crippen LogP contribution >= 0.6 is 0 Å². The third kappa shape index (κ3) is 2.69. The predicted molar refractivity (Wildman–Crippen MR) is 96.8 cm³/mol. The molecule has 3 fully saturated rings. The Balaban J connectivity index is 1.87. The Kier molecular flexibility index (Phi) is 5.35. The lowest BCUT2D eigenvalue weighted by Crippen LogP contribution is -2.39. The average Bonchev–Trinajstić information content (AvgIpc) is 3.20. The smallest absolute Gasteiger partial charge is 0.0243 e. The lowest BCUT2D eigenvalue weighted by Gasteiger charge is -2.47. The highest BCUT2D eigenvalue weighted by atomic mass is 14.6. The van der Waals surface area contributed by atoms with Crippen molar-refractivity contribution in [1.82, 2.24) is 0 Å². The van der Waals surface area contributed by atoms with Gasteiger partial charge < -0.3 is 0 Å². The van der Waals surface area contributed by atoms with Gasteiger partial charge in [0.15, 0.2) is 0 Å². The molecule has 0 N–H and O–H groups in total. The Hall–Kier alpha value is -0.260. The van der Waals surface area contributed by atoms with Crippen molar-refractivity contribution in [3.8, 4) is 0 Å². The minimum absolute atomic E-state index is 0.673. The molecule has 0 aromatic heterocycles. The van der Waals surface area contributed by atoms with E-state index in [0.29, 0.717) is 5.41 Å². The first-order valence-electron chi connectivity index (χ1n) is 10.4. The Bertz CT molecular complexity index is 358. The summed E-state index contributed by atoms with van der Waals surface area (Å²) in [5.74, 6) is 5.12. The largest absolute Gasteiger partial charge is 0.103 e. The summed E-state index contributed by atoms with van der Waals surface area (Å²) in [4.78, 5) is 0. The molecule has 0 bridgehead atoms. The summed E-state index contributed by atoms with van der Waals surface area (Å²) in [6.07, 6.45) is 20.0. The maximum atomic E-state index is 4.07. The molecule has 3 rings (SSSR count). The van der Waals surface area contributed by atoms with E-state index in [1.54, 1.807) is 0 Å². The summed E-state index contributed by atoms with van der Waals surface area (Å²) in [6.45, 7) is 9.10. The van der Waals surface area contributed by atoms with E-state index >= 15 is 0 Å². The van der Waals surface area contributed by atoms with Crippen molar-refractivity contribution in [2.24, 2.45) is 35.0 Å². The predicted octanol–water partition coefficient (Wildman–Crippen LogP) is 7.00. The quantitative estimate of drug-likeness (QED) is 0.463. The Morgan fingerprint density at radius 3 is 2.09 bits per heavy atom. The molecule has 0 heterocycles. The summed E-state index contributed by atoms with van der Waals surface area (Å²) >= 11 is 0. The Morgan fingerprint density at radius 1 is 0.909 bits per heavy atom. The van der Waals surface area contributed by atoms with Crippen LogP contribution in [0, 0.1) is 35.0 Å². The van der Waals surface area contributed by atoms with E-state index in [0.717, 1.165) is 29.6 Å². The fourth-order valence-electron chi connectivity index (χ4n) is 7.25. The van der Waals surface area contributed by atoms with E-state index in [2.05, 4.69) is 26.5 Å². The van der Waals surface area contributed by atoms with Crippen LogP contribution in [0.5, 0.6) is 0 Å². The van der Waals surface area contributed by atoms with Gasteiger partial charge in [-0.1, -0.05) is 45.6 Å². The van der Waals surface area contributed by atoms with E-state index in [9.17, 15) is 0 Å². The molecule has 0 spiro atoms. The molecular weight excluding hydrogens is 264 g/mol. The van der Waals surface area contributed by atoms with Crippen molar-refractivity contribution < 1.29 is 0 Å². The van der Waals surface area contributed by atoms with Gasteiger partial charge in [-0.25, -0.2) is 0 Å². The molecule has 0 nitrogen and oxygen atoms in total. The average molecular weight is 303 g/mol. The van der Waals surface area contributed by atoms with Gasteiger partial charge in [0, 0.05) is 0 Å². The van der Waals surface area contributed by atoms with Gasteiger partial charge in [-0.15, -0.1) is 6.58 Å². The molecule has 22 heavy (non-hydrogen) atoms. The molecular formula is C22H38. The maximum absolute atomic E-state index is 4.07. The molecule has 0 saturated heterocycles. The van der Waals surface area contributed by atoms with Gasteiger partial charge in [0.2, 0.25) is 0 Å². The van der Waals surface area contributed by atoms with Crippen molar-refractivity contribution in [2.45, 2.75) is 90.9 Å². The summed E-state index contributed by atoms with van der Waals surface area (Å²) < 4.78 is 0. The lowest BCUT2D eigenvalue weighted by atomic mass is 9.58. The number of hydrogen-bond donors (Lipinski definition) is 0. The highest BCUT2D eigenvalue weighted by molar-refractivity contribution is 5.03. The number of rotatable bonds is 6. The van der Waals surface area contributed by atoms with Crippen molar-refractivity contribution in [3.05, 3.63) is 12.7 Å². The second kappa shape index (κ2) is 7.10. The van der Waals surface area contributed by atoms with E-state index < -0.39 is 0 Å². The van der Waals surface area contributed by atoms with Crippen molar-refractivity contribution in [2.75, 3.05) is 0 Å². The van der Waals surface area contributed by atoms with Gasteiger partial charge in [-0.2, -0.15) is 0 Å². The van der Waals surface area contributed by atoms with Crippen molar-refractivity contribution in [1.29, 1.82) is 0 Å². The van der Waals surface area contributed by atoms with Crippen LogP contribution in [0.15, 0.2) is 12.7 Å². The molecule has 0 heteroatoms. The fraction of sp³-hybridized carbons (Fsp3) is 0.909. The highest BCUT2D eigenvalue weighted by Gasteiger charge is 2.53. The number of hydrogen-bond acceptors (Lipinski definition) is 0. The molecule has 126 valence electrons. The molecule has 4 unspecified atom stereocenters. The third-order valence-corrected chi connectivity index (χ3v) is 8.25. The summed E-state index contributed by atoms with van der Waals surface area (Å²) in [5.41, 5.74) is 0.673. The third-order valence-electron chi connectivity index (χ3n) is 8.25. The van der Waals surface area contributed by atoms with E-state index in [1.807, 2.05) is 0 Å².